The highest BCUT2D eigenvalue weighted by Crippen LogP contribution is 2.20. The first kappa shape index (κ1) is 18.8. The molecule has 6 nitrogen and oxygen atoms in total. The smallest absolute Gasteiger partial charge is 0.226 e. The number of anilines is 2. The van der Waals surface area contributed by atoms with Crippen LogP contribution in [0.2, 0.25) is 0 Å². The van der Waals surface area contributed by atoms with Crippen LogP contribution in [0.4, 0.5) is 11.4 Å². The zero-order valence-corrected chi connectivity index (χ0v) is 15.8. The molecule has 0 aromatic heterocycles. The van der Waals surface area contributed by atoms with Gasteiger partial charge in [-0.3, -0.25) is 9.79 Å². The Morgan fingerprint density at radius 1 is 1.20 bits per heavy atom. The third kappa shape index (κ3) is 6.11. The molecule has 0 aliphatic rings. The van der Waals surface area contributed by atoms with Crippen molar-refractivity contribution in [1.29, 1.82) is 0 Å². The monoisotopic (exact) mass is 404 g/mol. The number of nitrogens with one attached hydrogen (secondary N) is 2. The lowest BCUT2D eigenvalue weighted by atomic mass is 10.2. The van der Waals surface area contributed by atoms with E-state index in [1.54, 1.807) is 7.11 Å². The van der Waals surface area contributed by atoms with E-state index in [0.717, 1.165) is 27.2 Å². The maximum atomic E-state index is 12.0. The van der Waals surface area contributed by atoms with Gasteiger partial charge in [-0.1, -0.05) is 22.0 Å². The fourth-order valence-corrected chi connectivity index (χ4v) is 2.44. The Labute approximate surface area is 155 Å². The fraction of sp³-hybridized carbons (Fsp3) is 0.222. The maximum Gasteiger partial charge on any atom is 0.226 e. The van der Waals surface area contributed by atoms with Crippen LogP contribution in [0.15, 0.2) is 51.9 Å². The molecular weight excluding hydrogens is 384 g/mol. The van der Waals surface area contributed by atoms with Crippen LogP contribution in [0.25, 0.3) is 0 Å². The third-order valence-electron chi connectivity index (χ3n) is 3.46. The van der Waals surface area contributed by atoms with Gasteiger partial charge in [0.1, 0.15) is 5.75 Å². The highest BCUT2D eigenvalue weighted by atomic mass is 79.9. The van der Waals surface area contributed by atoms with E-state index in [4.69, 9.17) is 10.5 Å². The molecule has 2 aromatic rings. The molecule has 0 radical (unpaired) electrons. The number of aliphatic imine (C=N–C) groups is 1. The van der Waals surface area contributed by atoms with Crippen molar-refractivity contribution in [1.82, 2.24) is 0 Å². The van der Waals surface area contributed by atoms with Crippen molar-refractivity contribution in [2.24, 2.45) is 10.7 Å². The molecule has 0 aliphatic carbocycles. The first-order chi connectivity index (χ1) is 12.0. The van der Waals surface area contributed by atoms with Gasteiger partial charge < -0.3 is 21.1 Å². The molecule has 0 saturated heterocycles. The molecule has 0 heterocycles. The van der Waals surface area contributed by atoms with Crippen molar-refractivity contribution in [2.75, 3.05) is 24.3 Å². The lowest BCUT2D eigenvalue weighted by Gasteiger charge is -2.09. The molecule has 4 N–H and O–H groups in total. The number of amides is 1. The van der Waals surface area contributed by atoms with Crippen molar-refractivity contribution >= 4 is 39.2 Å². The van der Waals surface area contributed by atoms with Crippen molar-refractivity contribution in [2.45, 2.75) is 13.3 Å². The van der Waals surface area contributed by atoms with E-state index in [2.05, 4.69) is 31.6 Å². The van der Waals surface area contributed by atoms with Crippen molar-refractivity contribution in [3.63, 3.8) is 0 Å². The largest absolute Gasteiger partial charge is 0.497 e. The number of benzene rings is 2. The lowest BCUT2D eigenvalue weighted by Crippen LogP contribution is -2.23. The molecule has 0 fully saturated rings. The van der Waals surface area contributed by atoms with Gasteiger partial charge in [0.2, 0.25) is 5.91 Å². The van der Waals surface area contributed by atoms with Gasteiger partial charge in [-0.15, -0.1) is 0 Å². The van der Waals surface area contributed by atoms with Crippen LogP contribution in [0.1, 0.15) is 12.0 Å². The van der Waals surface area contributed by atoms with Crippen LogP contribution >= 0.6 is 15.9 Å². The summed E-state index contributed by atoms with van der Waals surface area (Å²) in [5.41, 5.74) is 8.42. The number of ether oxygens (including phenoxy) is 1. The number of hydrogen-bond donors (Lipinski definition) is 3. The van der Waals surface area contributed by atoms with E-state index in [-0.39, 0.29) is 18.3 Å². The number of aryl methyl sites for hydroxylation is 1. The topological polar surface area (TPSA) is 88.7 Å². The summed E-state index contributed by atoms with van der Waals surface area (Å²) in [5.74, 6) is 0.916. The Kier molecular flexibility index (Phi) is 6.82. The Morgan fingerprint density at radius 3 is 2.60 bits per heavy atom. The van der Waals surface area contributed by atoms with Gasteiger partial charge in [0.15, 0.2) is 5.96 Å². The summed E-state index contributed by atoms with van der Waals surface area (Å²) in [4.78, 5) is 16.2. The Hall–Kier alpha value is -2.54. The van der Waals surface area contributed by atoms with E-state index in [0.29, 0.717) is 6.54 Å². The second-order valence-corrected chi connectivity index (χ2v) is 6.29. The Bertz CT molecular complexity index is 760. The summed E-state index contributed by atoms with van der Waals surface area (Å²) in [5, 5.41) is 5.84. The zero-order valence-electron chi connectivity index (χ0n) is 14.2. The summed E-state index contributed by atoms with van der Waals surface area (Å²) < 4.78 is 6.01. The molecule has 0 unspecified atom stereocenters. The van der Waals surface area contributed by atoms with Crippen molar-refractivity contribution in [3.8, 4) is 5.75 Å². The van der Waals surface area contributed by atoms with E-state index in [1.165, 1.54) is 0 Å². The first-order valence-electron chi connectivity index (χ1n) is 7.75. The molecule has 2 rings (SSSR count). The standard InChI is InChI=1S/C18H21BrN4O2/c1-12-3-4-13(19)11-16(12)23-17(24)9-10-21-18(20)22-14-5-7-15(25-2)8-6-14/h3-8,11H,9-10H2,1-2H3,(H,23,24)(H3,20,21,22). The second kappa shape index (κ2) is 9.08. The van der Waals surface area contributed by atoms with Gasteiger partial charge in [-0.2, -0.15) is 0 Å². The number of rotatable bonds is 6. The number of nitrogens with zero attached hydrogens (tertiary/aromatic N) is 1. The van der Waals surface area contributed by atoms with Crippen LogP contribution in [-0.2, 0) is 4.79 Å². The zero-order chi connectivity index (χ0) is 18.2. The van der Waals surface area contributed by atoms with Crippen LogP contribution in [0.3, 0.4) is 0 Å². The summed E-state index contributed by atoms with van der Waals surface area (Å²) in [6.07, 6.45) is 0.247. The molecule has 1 amide bonds. The highest BCUT2D eigenvalue weighted by Gasteiger charge is 2.05. The molecule has 0 aliphatic heterocycles. The second-order valence-electron chi connectivity index (χ2n) is 5.38. The molecule has 0 saturated carbocycles. The quantitative estimate of drug-likeness (QED) is 0.507. The number of nitrogens with two attached hydrogens (primary N) is 1. The van der Waals surface area contributed by atoms with Gasteiger partial charge in [-0.05, 0) is 48.9 Å². The summed E-state index contributed by atoms with van der Waals surface area (Å²) >= 11 is 3.39. The number of hydrogen-bond acceptors (Lipinski definition) is 3. The van der Waals surface area contributed by atoms with Crippen molar-refractivity contribution in [3.05, 3.63) is 52.5 Å². The van der Waals surface area contributed by atoms with Crippen molar-refractivity contribution < 1.29 is 9.53 Å². The van der Waals surface area contributed by atoms with E-state index < -0.39 is 0 Å². The summed E-state index contributed by atoms with van der Waals surface area (Å²) in [6, 6.07) is 13.1. The van der Waals surface area contributed by atoms with Crippen LogP contribution in [-0.4, -0.2) is 25.5 Å². The maximum absolute atomic E-state index is 12.0. The average Bonchev–Trinajstić information content (AvgIpc) is 2.59. The SMILES string of the molecule is COc1ccc(NC(N)=NCCC(=O)Nc2cc(Br)ccc2C)cc1. The average molecular weight is 405 g/mol. The fourth-order valence-electron chi connectivity index (χ4n) is 2.08. The molecule has 132 valence electrons. The van der Waals surface area contributed by atoms with E-state index in [1.807, 2.05) is 49.4 Å². The molecule has 0 atom stereocenters. The normalized spacial score (nSPS) is 11.1. The third-order valence-corrected chi connectivity index (χ3v) is 3.95. The van der Waals surface area contributed by atoms with Gasteiger partial charge in [-0.25, -0.2) is 0 Å². The number of guanidine groups is 1. The number of carbonyl (C=O) groups excluding carboxylic acids is 1. The predicted molar refractivity (Wildman–Crippen MR) is 105 cm³/mol. The van der Waals surface area contributed by atoms with Gasteiger partial charge in [0, 0.05) is 22.3 Å². The highest BCUT2D eigenvalue weighted by molar-refractivity contribution is 9.10. The summed E-state index contributed by atoms with van der Waals surface area (Å²) in [6.45, 7) is 2.24. The predicted octanol–water partition coefficient (Wildman–Crippen LogP) is 3.52. The molecule has 0 spiro atoms. The molecule has 0 bridgehead atoms. The lowest BCUT2D eigenvalue weighted by molar-refractivity contribution is -0.116. The van der Waals surface area contributed by atoms with E-state index in [9.17, 15) is 4.79 Å². The Balaban J connectivity index is 1.82. The minimum atomic E-state index is -0.109. The van der Waals surface area contributed by atoms with Gasteiger partial charge in [0.05, 0.1) is 13.7 Å². The minimum absolute atomic E-state index is 0.109. The van der Waals surface area contributed by atoms with Crippen LogP contribution < -0.4 is 21.1 Å². The Morgan fingerprint density at radius 2 is 1.92 bits per heavy atom. The van der Waals surface area contributed by atoms with E-state index >= 15 is 0 Å². The molecule has 25 heavy (non-hydrogen) atoms. The number of carbonyl (C=O) groups is 1. The van der Waals surface area contributed by atoms with Gasteiger partial charge in [0.25, 0.3) is 0 Å². The van der Waals surface area contributed by atoms with Crippen LogP contribution in [0, 0.1) is 6.92 Å². The van der Waals surface area contributed by atoms with Gasteiger partial charge >= 0.3 is 0 Å². The minimum Gasteiger partial charge on any atom is -0.497 e. The number of halogens is 1. The number of methoxy groups -OCH3 is 1. The molecular formula is C18H21BrN4O2. The molecule has 2 aromatic carbocycles. The van der Waals surface area contributed by atoms with Crippen LogP contribution in [0.5, 0.6) is 5.75 Å². The molecule has 7 heteroatoms. The first-order valence-corrected chi connectivity index (χ1v) is 8.54. The summed E-state index contributed by atoms with van der Waals surface area (Å²) in [7, 11) is 1.61.